The molecule has 0 saturated carbocycles. The van der Waals surface area contributed by atoms with Crippen LogP contribution in [0.2, 0.25) is 0 Å². The molecule has 1 aromatic rings. The number of hydrogen-bond donors (Lipinski definition) is 2. The number of phenolic OH excluding ortho intramolecular Hbond substituents is 2. The maximum atomic E-state index is 9.19. The molecule has 0 spiro atoms. The van der Waals surface area contributed by atoms with Crippen molar-refractivity contribution in [3.8, 4) is 17.6 Å². The minimum absolute atomic E-state index is 0.0410. The quantitative estimate of drug-likeness (QED) is 0.486. The van der Waals surface area contributed by atoms with E-state index in [2.05, 4.69) is 0 Å². The van der Waals surface area contributed by atoms with Gasteiger partial charge in [-0.3, -0.25) is 0 Å². The lowest BCUT2D eigenvalue weighted by Crippen LogP contribution is -1.73. The minimum Gasteiger partial charge on any atom is -0.508 e. The van der Waals surface area contributed by atoms with Crippen molar-refractivity contribution >= 4 is 6.08 Å². The Morgan fingerprint density at radius 3 is 2.75 bits per heavy atom. The van der Waals surface area contributed by atoms with Crippen LogP contribution in [0.4, 0.5) is 0 Å². The van der Waals surface area contributed by atoms with Crippen LogP contribution in [-0.4, -0.2) is 10.2 Å². The third-order valence-electron chi connectivity index (χ3n) is 1.35. The molecule has 2 N–H and O–H groups in total. The van der Waals surface area contributed by atoms with Crippen molar-refractivity contribution in [2.45, 2.75) is 0 Å². The predicted molar refractivity (Wildman–Crippen MR) is 44.4 cm³/mol. The Labute approximate surface area is 69.8 Å². The molecule has 1 aromatic carbocycles. The van der Waals surface area contributed by atoms with Gasteiger partial charge in [0.1, 0.15) is 11.5 Å². The third-order valence-corrected chi connectivity index (χ3v) is 1.35. The summed E-state index contributed by atoms with van der Waals surface area (Å²) in [5.41, 5.74) is 0.427. The van der Waals surface area contributed by atoms with Gasteiger partial charge in [-0.05, 0) is 24.3 Å². The largest absolute Gasteiger partial charge is 0.508 e. The van der Waals surface area contributed by atoms with Crippen LogP contribution in [0, 0.1) is 11.3 Å². The molecular weight excluding hydrogens is 154 g/mol. The molecule has 0 fully saturated rings. The van der Waals surface area contributed by atoms with Crippen LogP contribution in [0.3, 0.4) is 0 Å². The number of rotatable bonds is 1. The summed E-state index contributed by atoms with van der Waals surface area (Å²) in [6.45, 7) is 0. The van der Waals surface area contributed by atoms with Gasteiger partial charge >= 0.3 is 0 Å². The van der Waals surface area contributed by atoms with Crippen molar-refractivity contribution in [2.75, 3.05) is 0 Å². The summed E-state index contributed by atoms with van der Waals surface area (Å²) in [4.78, 5) is 0. The summed E-state index contributed by atoms with van der Waals surface area (Å²) >= 11 is 0. The molecule has 3 heteroatoms. The lowest BCUT2D eigenvalue weighted by Gasteiger charge is -1.97. The summed E-state index contributed by atoms with van der Waals surface area (Å²) in [6.07, 6.45) is 2.66. The molecule has 0 aliphatic heterocycles. The van der Waals surface area contributed by atoms with E-state index in [1.165, 1.54) is 30.4 Å². The average Bonchev–Trinajstić information content (AvgIpc) is 2.07. The summed E-state index contributed by atoms with van der Waals surface area (Å²) in [5.74, 6) is 0.102. The van der Waals surface area contributed by atoms with Gasteiger partial charge in [-0.15, -0.1) is 0 Å². The smallest absolute Gasteiger partial charge is 0.123 e. The number of allylic oxidation sites excluding steroid dienone is 1. The van der Waals surface area contributed by atoms with Crippen molar-refractivity contribution in [3.05, 3.63) is 29.8 Å². The van der Waals surface area contributed by atoms with E-state index in [1.54, 1.807) is 6.07 Å². The molecule has 0 atom stereocenters. The Balaban J connectivity index is 3.07. The monoisotopic (exact) mass is 161 g/mol. The zero-order chi connectivity index (χ0) is 8.97. The number of phenols is 2. The second kappa shape index (κ2) is 3.44. The second-order valence-electron chi connectivity index (χ2n) is 2.21. The molecule has 0 radical (unpaired) electrons. The first-order valence-electron chi connectivity index (χ1n) is 3.32. The number of hydrogen-bond acceptors (Lipinski definition) is 3. The van der Waals surface area contributed by atoms with Crippen molar-refractivity contribution in [1.82, 2.24) is 0 Å². The molecule has 0 heterocycles. The van der Waals surface area contributed by atoms with Crippen molar-refractivity contribution in [1.29, 1.82) is 5.26 Å². The Bertz CT molecular complexity index is 350. The van der Waals surface area contributed by atoms with Crippen molar-refractivity contribution in [3.63, 3.8) is 0 Å². The van der Waals surface area contributed by atoms with Gasteiger partial charge < -0.3 is 10.2 Å². The molecule has 1 rings (SSSR count). The lowest BCUT2D eigenvalue weighted by atomic mass is 10.2. The van der Waals surface area contributed by atoms with Crippen LogP contribution in [0.5, 0.6) is 11.5 Å². The van der Waals surface area contributed by atoms with E-state index in [4.69, 9.17) is 10.4 Å². The van der Waals surface area contributed by atoms with Crippen LogP contribution < -0.4 is 0 Å². The highest BCUT2D eigenvalue weighted by molar-refractivity contribution is 5.60. The Morgan fingerprint density at radius 2 is 2.08 bits per heavy atom. The molecule has 0 aliphatic rings. The van der Waals surface area contributed by atoms with Crippen LogP contribution in [0.15, 0.2) is 24.3 Å². The van der Waals surface area contributed by atoms with Gasteiger partial charge in [-0.25, -0.2) is 0 Å². The lowest BCUT2D eigenvalue weighted by molar-refractivity contribution is 0.459. The predicted octanol–water partition coefficient (Wildman–Crippen LogP) is 1.63. The summed E-state index contributed by atoms with van der Waals surface area (Å²) in [5, 5.41) is 26.4. The Kier molecular flexibility index (Phi) is 2.34. The highest BCUT2D eigenvalue weighted by Crippen LogP contribution is 2.22. The fraction of sp³-hybridized carbons (Fsp3) is 0. The fourth-order valence-electron chi connectivity index (χ4n) is 0.802. The summed E-state index contributed by atoms with van der Waals surface area (Å²) in [6, 6.07) is 5.91. The summed E-state index contributed by atoms with van der Waals surface area (Å²) < 4.78 is 0. The van der Waals surface area contributed by atoms with Crippen LogP contribution in [-0.2, 0) is 0 Å². The first kappa shape index (κ1) is 8.15. The first-order valence-corrected chi connectivity index (χ1v) is 3.32. The average molecular weight is 161 g/mol. The van der Waals surface area contributed by atoms with Gasteiger partial charge in [0.2, 0.25) is 0 Å². The molecule has 0 saturated heterocycles. The molecule has 12 heavy (non-hydrogen) atoms. The normalized spacial score (nSPS) is 9.92. The van der Waals surface area contributed by atoms with E-state index in [0.717, 1.165) is 0 Å². The number of benzene rings is 1. The SMILES string of the molecule is N#CC=Cc1cc(O)ccc1O. The molecule has 0 bridgehead atoms. The van der Waals surface area contributed by atoms with Gasteiger partial charge in [-0.1, -0.05) is 0 Å². The minimum atomic E-state index is 0.0410. The number of nitriles is 1. The first-order chi connectivity index (χ1) is 5.74. The van der Waals surface area contributed by atoms with E-state index in [9.17, 15) is 5.11 Å². The van der Waals surface area contributed by atoms with Crippen molar-refractivity contribution in [2.24, 2.45) is 0 Å². The van der Waals surface area contributed by atoms with Gasteiger partial charge in [0.05, 0.1) is 6.07 Å². The van der Waals surface area contributed by atoms with E-state index < -0.39 is 0 Å². The maximum absolute atomic E-state index is 9.19. The van der Waals surface area contributed by atoms with E-state index in [1.807, 2.05) is 0 Å². The molecule has 0 aromatic heterocycles. The zero-order valence-corrected chi connectivity index (χ0v) is 6.23. The Hall–Kier alpha value is -1.95. The molecule has 60 valence electrons. The topological polar surface area (TPSA) is 64.2 Å². The zero-order valence-electron chi connectivity index (χ0n) is 6.23. The van der Waals surface area contributed by atoms with Crippen LogP contribution in [0.1, 0.15) is 5.56 Å². The molecular formula is C9H7NO2. The molecule has 0 aliphatic carbocycles. The van der Waals surface area contributed by atoms with E-state index >= 15 is 0 Å². The number of nitrogens with zero attached hydrogens (tertiary/aromatic N) is 1. The van der Waals surface area contributed by atoms with Gasteiger partial charge in [-0.2, -0.15) is 5.26 Å². The van der Waals surface area contributed by atoms with Crippen LogP contribution >= 0.6 is 0 Å². The second-order valence-corrected chi connectivity index (χ2v) is 2.21. The summed E-state index contributed by atoms with van der Waals surface area (Å²) in [7, 11) is 0. The van der Waals surface area contributed by atoms with Gasteiger partial charge in [0.25, 0.3) is 0 Å². The van der Waals surface area contributed by atoms with Gasteiger partial charge in [0.15, 0.2) is 0 Å². The molecule has 0 amide bonds. The molecule has 3 nitrogen and oxygen atoms in total. The third kappa shape index (κ3) is 1.77. The Morgan fingerprint density at radius 1 is 1.33 bits per heavy atom. The van der Waals surface area contributed by atoms with Gasteiger partial charge in [0, 0.05) is 11.6 Å². The number of aromatic hydroxyl groups is 2. The highest BCUT2D eigenvalue weighted by atomic mass is 16.3. The highest BCUT2D eigenvalue weighted by Gasteiger charge is 1.97. The van der Waals surface area contributed by atoms with Crippen LogP contribution in [0.25, 0.3) is 6.08 Å². The van der Waals surface area contributed by atoms with E-state index in [0.29, 0.717) is 5.56 Å². The van der Waals surface area contributed by atoms with E-state index in [-0.39, 0.29) is 11.5 Å². The molecule has 0 unspecified atom stereocenters. The maximum Gasteiger partial charge on any atom is 0.123 e. The standard InChI is InChI=1S/C9H7NO2/c10-5-1-2-7-6-8(11)3-4-9(7)12/h1-4,6,11-12H. The fourth-order valence-corrected chi connectivity index (χ4v) is 0.802. The van der Waals surface area contributed by atoms with Crippen molar-refractivity contribution < 1.29 is 10.2 Å².